The van der Waals surface area contributed by atoms with Crippen molar-refractivity contribution in [3.63, 3.8) is 0 Å². The molecule has 2 nitrogen and oxygen atoms in total. The van der Waals surface area contributed by atoms with Crippen molar-refractivity contribution in [3.05, 3.63) is 32.9 Å². The molecule has 1 aliphatic heterocycles. The topological polar surface area (TPSA) is 20.3 Å². The summed E-state index contributed by atoms with van der Waals surface area (Å²) >= 11 is 5.75. The number of carbonyl (C=O) groups excluding carboxylic acids is 1. The molecule has 0 radical (unpaired) electrons. The van der Waals surface area contributed by atoms with Gasteiger partial charge in [-0.3, -0.25) is 4.79 Å². The van der Waals surface area contributed by atoms with Gasteiger partial charge in [-0.25, -0.2) is 0 Å². The first kappa shape index (κ1) is 14.3. The molecule has 1 aliphatic rings. The molecule has 0 bridgehead atoms. The van der Waals surface area contributed by atoms with Crippen LogP contribution >= 0.6 is 38.5 Å². The maximum atomic E-state index is 12.5. The monoisotopic (exact) mass is 421 g/mol. The minimum Gasteiger partial charge on any atom is -0.338 e. The van der Waals surface area contributed by atoms with Crippen molar-refractivity contribution < 1.29 is 4.79 Å². The Morgan fingerprint density at radius 2 is 2.33 bits per heavy atom. The molecule has 1 aromatic rings. The van der Waals surface area contributed by atoms with Crippen LogP contribution in [0, 0.1) is 16.4 Å². The van der Waals surface area contributed by atoms with Gasteiger partial charge < -0.3 is 4.90 Å². The lowest BCUT2D eigenvalue weighted by Crippen LogP contribution is -2.29. The van der Waals surface area contributed by atoms with Crippen LogP contribution in [0.5, 0.6) is 0 Å². The molecule has 0 spiro atoms. The summed E-state index contributed by atoms with van der Waals surface area (Å²) in [6.45, 7) is 3.87. The first-order chi connectivity index (χ1) is 8.63. The van der Waals surface area contributed by atoms with Crippen molar-refractivity contribution in [2.24, 2.45) is 5.92 Å². The highest BCUT2D eigenvalue weighted by molar-refractivity contribution is 14.1. The first-order valence-corrected chi connectivity index (χ1v) is 8.44. The number of likely N-dealkylation sites (tertiary alicyclic amines) is 1. The van der Waals surface area contributed by atoms with Gasteiger partial charge in [0.05, 0.1) is 5.56 Å². The average molecular weight is 422 g/mol. The number of carbonyl (C=O) groups is 1. The number of benzene rings is 1. The molecule has 18 heavy (non-hydrogen) atoms. The number of alkyl halides is 1. The summed E-state index contributed by atoms with van der Waals surface area (Å²) < 4.78 is 1.09. The molecule has 1 atom stereocenters. The second kappa shape index (κ2) is 6.37. The standard InChI is InChI=1S/C14H17BrINO/c1-10-3-2-4-12(13(10)16)14(18)17-8-6-11(9-17)5-7-15/h2-4,11H,5-9H2,1H3. The summed E-state index contributed by atoms with van der Waals surface area (Å²) in [4.78, 5) is 14.5. The summed E-state index contributed by atoms with van der Waals surface area (Å²) in [6, 6.07) is 5.96. The lowest BCUT2D eigenvalue weighted by atomic mass is 10.1. The predicted molar refractivity (Wildman–Crippen MR) is 86.3 cm³/mol. The Bertz CT molecular complexity index is 449. The molecular weight excluding hydrogens is 405 g/mol. The fourth-order valence-electron chi connectivity index (χ4n) is 2.39. The van der Waals surface area contributed by atoms with Crippen molar-refractivity contribution in [3.8, 4) is 0 Å². The van der Waals surface area contributed by atoms with Crippen LogP contribution in [0.1, 0.15) is 28.8 Å². The Labute approximate surface area is 130 Å². The summed E-state index contributed by atoms with van der Waals surface area (Å²) in [5, 5.41) is 1.03. The normalized spacial score (nSPS) is 19.3. The maximum absolute atomic E-state index is 12.5. The van der Waals surface area contributed by atoms with Crippen LogP contribution < -0.4 is 0 Å². The molecule has 2 rings (SSSR count). The summed E-state index contributed by atoms with van der Waals surface area (Å²) in [6.07, 6.45) is 2.30. The van der Waals surface area contributed by atoms with Crippen LogP contribution in [0.25, 0.3) is 0 Å². The van der Waals surface area contributed by atoms with E-state index in [4.69, 9.17) is 0 Å². The van der Waals surface area contributed by atoms with E-state index >= 15 is 0 Å². The third kappa shape index (κ3) is 3.07. The van der Waals surface area contributed by atoms with Gasteiger partial charge in [-0.05, 0) is 59.9 Å². The van der Waals surface area contributed by atoms with Gasteiger partial charge in [0.1, 0.15) is 0 Å². The van der Waals surface area contributed by atoms with E-state index in [9.17, 15) is 4.79 Å². The largest absolute Gasteiger partial charge is 0.338 e. The zero-order valence-corrected chi connectivity index (χ0v) is 14.2. The lowest BCUT2D eigenvalue weighted by Gasteiger charge is -2.18. The van der Waals surface area contributed by atoms with Gasteiger partial charge in [0, 0.05) is 22.0 Å². The van der Waals surface area contributed by atoms with Gasteiger partial charge in [-0.1, -0.05) is 28.1 Å². The molecule has 1 saturated heterocycles. The Kier molecular flexibility index (Phi) is 5.06. The van der Waals surface area contributed by atoms with E-state index in [0.29, 0.717) is 5.92 Å². The third-order valence-electron chi connectivity index (χ3n) is 3.51. The second-order valence-corrected chi connectivity index (χ2v) is 6.69. The molecule has 0 aliphatic carbocycles. The molecular formula is C14H17BrINO. The molecule has 1 heterocycles. The van der Waals surface area contributed by atoms with Crippen LogP contribution in [-0.2, 0) is 0 Å². The number of hydrogen-bond donors (Lipinski definition) is 0. The Hall–Kier alpha value is -0.100. The van der Waals surface area contributed by atoms with E-state index in [1.165, 1.54) is 5.56 Å². The molecule has 0 N–H and O–H groups in total. The quantitative estimate of drug-likeness (QED) is 0.536. The summed E-state index contributed by atoms with van der Waals surface area (Å²) in [5.41, 5.74) is 2.03. The van der Waals surface area contributed by atoms with Gasteiger partial charge in [0.15, 0.2) is 0 Å². The van der Waals surface area contributed by atoms with Crippen LogP contribution in [-0.4, -0.2) is 29.2 Å². The molecule has 1 unspecified atom stereocenters. The van der Waals surface area contributed by atoms with Crippen molar-refractivity contribution in [2.45, 2.75) is 19.8 Å². The number of halogens is 2. The van der Waals surface area contributed by atoms with Crippen molar-refractivity contribution in [1.82, 2.24) is 4.90 Å². The fraction of sp³-hybridized carbons (Fsp3) is 0.500. The maximum Gasteiger partial charge on any atom is 0.254 e. The number of aryl methyl sites for hydroxylation is 1. The van der Waals surface area contributed by atoms with E-state index in [-0.39, 0.29) is 5.91 Å². The fourth-order valence-corrected chi connectivity index (χ4v) is 3.63. The minimum atomic E-state index is 0.195. The van der Waals surface area contributed by atoms with Crippen molar-refractivity contribution >= 4 is 44.4 Å². The van der Waals surface area contributed by atoms with Crippen LogP contribution in [0.2, 0.25) is 0 Å². The molecule has 0 aromatic heterocycles. The lowest BCUT2D eigenvalue weighted by molar-refractivity contribution is 0.0786. The molecule has 1 fully saturated rings. The van der Waals surface area contributed by atoms with Crippen molar-refractivity contribution in [2.75, 3.05) is 18.4 Å². The number of hydrogen-bond acceptors (Lipinski definition) is 1. The van der Waals surface area contributed by atoms with Gasteiger partial charge in [-0.2, -0.15) is 0 Å². The molecule has 1 amide bonds. The molecule has 4 heteroatoms. The summed E-state index contributed by atoms with van der Waals surface area (Å²) in [5.74, 6) is 0.857. The predicted octanol–water partition coefficient (Wildman–Crippen LogP) is 3.85. The minimum absolute atomic E-state index is 0.195. The zero-order chi connectivity index (χ0) is 13.1. The summed E-state index contributed by atoms with van der Waals surface area (Å²) in [7, 11) is 0. The molecule has 0 saturated carbocycles. The smallest absolute Gasteiger partial charge is 0.254 e. The zero-order valence-electron chi connectivity index (χ0n) is 10.5. The molecule has 1 aromatic carbocycles. The van der Waals surface area contributed by atoms with E-state index in [1.54, 1.807) is 0 Å². The Balaban J connectivity index is 2.11. The van der Waals surface area contributed by atoms with Crippen LogP contribution in [0.3, 0.4) is 0 Å². The molecule has 98 valence electrons. The van der Waals surface area contributed by atoms with Gasteiger partial charge in [-0.15, -0.1) is 0 Å². The number of nitrogens with zero attached hydrogens (tertiary/aromatic N) is 1. The van der Waals surface area contributed by atoms with E-state index < -0.39 is 0 Å². The van der Waals surface area contributed by atoms with Crippen LogP contribution in [0.4, 0.5) is 0 Å². The van der Waals surface area contributed by atoms with E-state index in [1.807, 2.05) is 17.0 Å². The number of amides is 1. The number of rotatable bonds is 3. The third-order valence-corrected chi connectivity index (χ3v) is 5.40. The first-order valence-electron chi connectivity index (χ1n) is 6.24. The SMILES string of the molecule is Cc1cccc(C(=O)N2CCC(CCBr)C2)c1I. The van der Waals surface area contributed by atoms with E-state index in [0.717, 1.165) is 40.4 Å². The highest BCUT2D eigenvalue weighted by Crippen LogP contribution is 2.24. The van der Waals surface area contributed by atoms with Crippen LogP contribution in [0.15, 0.2) is 18.2 Å². The van der Waals surface area contributed by atoms with Gasteiger partial charge >= 0.3 is 0 Å². The Morgan fingerprint density at radius 1 is 1.56 bits per heavy atom. The second-order valence-electron chi connectivity index (χ2n) is 4.82. The highest BCUT2D eigenvalue weighted by Gasteiger charge is 2.27. The van der Waals surface area contributed by atoms with Gasteiger partial charge in [0.2, 0.25) is 0 Å². The van der Waals surface area contributed by atoms with Gasteiger partial charge in [0.25, 0.3) is 5.91 Å². The van der Waals surface area contributed by atoms with E-state index in [2.05, 4.69) is 51.5 Å². The average Bonchev–Trinajstić information content (AvgIpc) is 2.81. The Morgan fingerprint density at radius 3 is 3.06 bits per heavy atom. The van der Waals surface area contributed by atoms with Crippen molar-refractivity contribution in [1.29, 1.82) is 0 Å². The highest BCUT2D eigenvalue weighted by atomic mass is 127.